The summed E-state index contributed by atoms with van der Waals surface area (Å²) in [5, 5.41) is 18.0. The average molecular weight is 385 g/mol. The van der Waals surface area contributed by atoms with Crippen LogP contribution in [-0.4, -0.2) is 22.2 Å². The van der Waals surface area contributed by atoms with Gasteiger partial charge in [-0.3, -0.25) is 9.59 Å². The van der Waals surface area contributed by atoms with Gasteiger partial charge in [0.2, 0.25) is 0 Å². The quantitative estimate of drug-likeness (QED) is 0.218. The number of carboxylic acid groups (broad SMARTS) is 2. The lowest BCUT2D eigenvalue weighted by Crippen LogP contribution is -2.29. The lowest BCUT2D eigenvalue weighted by molar-refractivity contribution is -0.150. The number of aliphatic carboxylic acids is 2. The zero-order chi connectivity index (χ0) is 20.4. The fraction of sp³-hybridized carbons (Fsp3) is 0.913. The van der Waals surface area contributed by atoms with Crippen molar-refractivity contribution >= 4 is 11.9 Å². The third kappa shape index (κ3) is 13.7. The molecule has 2 N–H and O–H groups in total. The normalized spacial score (nSPS) is 11.6. The van der Waals surface area contributed by atoms with Crippen molar-refractivity contribution in [3.05, 3.63) is 0 Å². The van der Waals surface area contributed by atoms with E-state index in [0.717, 1.165) is 44.9 Å². The molecular formula is C23H44O4. The molecule has 0 aliphatic carbocycles. The van der Waals surface area contributed by atoms with Gasteiger partial charge in [-0.05, 0) is 25.7 Å². The van der Waals surface area contributed by atoms with Gasteiger partial charge in [0.1, 0.15) is 0 Å². The van der Waals surface area contributed by atoms with Gasteiger partial charge in [-0.25, -0.2) is 0 Å². The first kappa shape index (κ1) is 25.9. The van der Waals surface area contributed by atoms with Crippen LogP contribution in [0.3, 0.4) is 0 Å². The third-order valence-electron chi connectivity index (χ3n) is 6.10. The van der Waals surface area contributed by atoms with E-state index in [-0.39, 0.29) is 0 Å². The van der Waals surface area contributed by atoms with Gasteiger partial charge in [0.25, 0.3) is 0 Å². The molecule has 27 heavy (non-hydrogen) atoms. The molecule has 0 heterocycles. The molecule has 0 aromatic heterocycles. The molecule has 0 atom stereocenters. The van der Waals surface area contributed by atoms with E-state index in [0.29, 0.717) is 6.42 Å². The summed E-state index contributed by atoms with van der Waals surface area (Å²) in [4.78, 5) is 21.9. The summed E-state index contributed by atoms with van der Waals surface area (Å²) in [6.07, 6.45) is 19.5. The van der Waals surface area contributed by atoms with Crippen molar-refractivity contribution in [1.82, 2.24) is 0 Å². The van der Waals surface area contributed by atoms with Crippen LogP contribution < -0.4 is 0 Å². The summed E-state index contributed by atoms with van der Waals surface area (Å²) in [5.41, 5.74) is -0.490. The summed E-state index contributed by atoms with van der Waals surface area (Å²) >= 11 is 0. The predicted molar refractivity (Wildman–Crippen MR) is 112 cm³/mol. The van der Waals surface area contributed by atoms with Crippen LogP contribution in [0.25, 0.3) is 0 Å². The van der Waals surface area contributed by atoms with Gasteiger partial charge in [0, 0.05) is 6.42 Å². The van der Waals surface area contributed by atoms with Crippen molar-refractivity contribution in [2.75, 3.05) is 0 Å². The van der Waals surface area contributed by atoms with Gasteiger partial charge in [-0.1, -0.05) is 97.3 Å². The fourth-order valence-electron chi connectivity index (χ4n) is 3.87. The maximum absolute atomic E-state index is 11.5. The van der Waals surface area contributed by atoms with Crippen molar-refractivity contribution in [2.24, 2.45) is 5.41 Å². The number of hydrogen-bond acceptors (Lipinski definition) is 2. The minimum atomic E-state index is -0.676. The molecule has 0 fully saturated rings. The second-order valence-electron chi connectivity index (χ2n) is 8.14. The Kier molecular flexibility index (Phi) is 16.4. The number of carbonyl (C=O) groups is 2. The van der Waals surface area contributed by atoms with Crippen LogP contribution in [0.4, 0.5) is 0 Å². The highest BCUT2D eigenvalue weighted by molar-refractivity contribution is 5.74. The number of rotatable bonds is 20. The molecule has 0 saturated heterocycles. The molecule has 160 valence electrons. The Morgan fingerprint density at radius 2 is 0.926 bits per heavy atom. The van der Waals surface area contributed by atoms with Crippen LogP contribution in [0.15, 0.2) is 0 Å². The predicted octanol–water partition coefficient (Wildman–Crippen LogP) is 7.20. The highest BCUT2D eigenvalue weighted by Crippen LogP contribution is 2.33. The summed E-state index contributed by atoms with van der Waals surface area (Å²) in [6.45, 7) is 3.99. The first-order chi connectivity index (χ1) is 13.0. The summed E-state index contributed by atoms with van der Waals surface area (Å²) < 4.78 is 0. The highest BCUT2D eigenvalue weighted by atomic mass is 16.4. The van der Waals surface area contributed by atoms with Crippen LogP contribution in [-0.2, 0) is 9.59 Å². The Morgan fingerprint density at radius 3 is 1.22 bits per heavy atom. The molecule has 0 spiro atoms. The maximum Gasteiger partial charge on any atom is 0.309 e. The minimum Gasteiger partial charge on any atom is -0.481 e. The van der Waals surface area contributed by atoms with Crippen molar-refractivity contribution in [2.45, 2.75) is 129 Å². The molecule has 4 heteroatoms. The van der Waals surface area contributed by atoms with Crippen molar-refractivity contribution < 1.29 is 19.8 Å². The van der Waals surface area contributed by atoms with E-state index in [4.69, 9.17) is 5.11 Å². The topological polar surface area (TPSA) is 74.6 Å². The Hall–Kier alpha value is -1.06. The summed E-state index contributed by atoms with van der Waals surface area (Å²) in [7, 11) is 0. The molecule has 0 aliphatic heterocycles. The fourth-order valence-corrected chi connectivity index (χ4v) is 3.87. The lowest BCUT2D eigenvalue weighted by Gasteiger charge is -2.26. The van der Waals surface area contributed by atoms with E-state index in [2.05, 4.69) is 0 Å². The van der Waals surface area contributed by atoms with Crippen molar-refractivity contribution in [3.63, 3.8) is 0 Å². The van der Waals surface area contributed by atoms with E-state index >= 15 is 0 Å². The van der Waals surface area contributed by atoms with E-state index in [1.165, 1.54) is 64.2 Å². The first-order valence-corrected chi connectivity index (χ1v) is 11.4. The standard InChI is InChI=1S/C23H44O4/c1-3-23(4-2,22(26)27)20-18-16-14-12-10-8-6-5-7-9-11-13-15-17-19-21(24)25/h3-20H2,1-2H3,(H,24,25)(H,26,27). The number of unbranched alkanes of at least 4 members (excludes halogenated alkanes) is 13. The molecule has 0 bridgehead atoms. The molecule has 0 aromatic rings. The monoisotopic (exact) mass is 384 g/mol. The molecule has 0 aliphatic rings. The first-order valence-electron chi connectivity index (χ1n) is 11.4. The molecular weight excluding hydrogens is 340 g/mol. The largest absolute Gasteiger partial charge is 0.481 e. The lowest BCUT2D eigenvalue weighted by atomic mass is 9.78. The van der Waals surface area contributed by atoms with Gasteiger partial charge in [0.15, 0.2) is 0 Å². The molecule has 0 radical (unpaired) electrons. The Balaban J connectivity index is 3.34. The highest BCUT2D eigenvalue weighted by Gasteiger charge is 2.33. The van der Waals surface area contributed by atoms with Crippen molar-refractivity contribution in [1.29, 1.82) is 0 Å². The molecule has 0 unspecified atom stereocenters. The molecule has 0 saturated carbocycles. The van der Waals surface area contributed by atoms with Crippen LogP contribution in [0.1, 0.15) is 129 Å². The van der Waals surface area contributed by atoms with Gasteiger partial charge < -0.3 is 10.2 Å². The van der Waals surface area contributed by atoms with E-state index in [1.54, 1.807) is 0 Å². The number of hydrogen-bond donors (Lipinski definition) is 2. The zero-order valence-corrected chi connectivity index (χ0v) is 17.9. The van der Waals surface area contributed by atoms with Crippen LogP contribution in [0, 0.1) is 5.41 Å². The average Bonchev–Trinajstić information content (AvgIpc) is 2.64. The molecule has 0 amide bonds. The molecule has 4 nitrogen and oxygen atoms in total. The van der Waals surface area contributed by atoms with Crippen LogP contribution in [0.5, 0.6) is 0 Å². The van der Waals surface area contributed by atoms with Gasteiger partial charge in [-0.2, -0.15) is 0 Å². The Morgan fingerprint density at radius 1 is 0.593 bits per heavy atom. The third-order valence-corrected chi connectivity index (χ3v) is 6.10. The van der Waals surface area contributed by atoms with Crippen LogP contribution in [0.2, 0.25) is 0 Å². The second kappa shape index (κ2) is 17.1. The zero-order valence-electron chi connectivity index (χ0n) is 17.9. The van der Waals surface area contributed by atoms with Gasteiger partial charge in [-0.15, -0.1) is 0 Å². The van der Waals surface area contributed by atoms with E-state index in [9.17, 15) is 14.7 Å². The smallest absolute Gasteiger partial charge is 0.309 e. The Bertz CT molecular complexity index is 375. The van der Waals surface area contributed by atoms with Gasteiger partial charge >= 0.3 is 11.9 Å². The maximum atomic E-state index is 11.5. The van der Waals surface area contributed by atoms with E-state index < -0.39 is 17.4 Å². The summed E-state index contributed by atoms with van der Waals surface area (Å²) in [5.74, 6) is -1.29. The van der Waals surface area contributed by atoms with Crippen LogP contribution >= 0.6 is 0 Å². The Labute approximate surface area is 167 Å². The minimum absolute atomic E-state index is 0.317. The molecule has 0 rings (SSSR count). The van der Waals surface area contributed by atoms with Gasteiger partial charge in [0.05, 0.1) is 5.41 Å². The summed E-state index contributed by atoms with van der Waals surface area (Å²) in [6, 6.07) is 0. The SMILES string of the molecule is CCC(CC)(CCCCCCCCCCCCCCCCC(=O)O)C(=O)O. The van der Waals surface area contributed by atoms with Crippen molar-refractivity contribution in [3.8, 4) is 0 Å². The van der Waals surface area contributed by atoms with E-state index in [1.807, 2.05) is 13.8 Å². The second-order valence-corrected chi connectivity index (χ2v) is 8.14. The molecule has 0 aromatic carbocycles. The number of carboxylic acids is 2.